The molecule has 1 atom stereocenters. The number of hydrogen-bond donors (Lipinski definition) is 1. The predicted molar refractivity (Wildman–Crippen MR) is 74.5 cm³/mol. The lowest BCUT2D eigenvalue weighted by molar-refractivity contribution is 0.0947. The predicted octanol–water partition coefficient (Wildman–Crippen LogP) is 2.86. The number of allylic oxidation sites excluding steroid dienone is 1. The average molecular weight is 282 g/mol. The molecule has 3 rings (SSSR count). The fourth-order valence-electron chi connectivity index (χ4n) is 2.40. The Morgan fingerprint density at radius 3 is 2.38 bits per heavy atom. The molecule has 2 aromatic carbocycles. The van der Waals surface area contributed by atoms with Crippen LogP contribution in [0.25, 0.3) is 0 Å². The van der Waals surface area contributed by atoms with Crippen LogP contribution in [0.5, 0.6) is 0 Å². The number of benzene rings is 2. The molecule has 0 aliphatic heterocycles. The quantitative estimate of drug-likeness (QED) is 0.921. The number of hydrogen-bond acceptors (Lipinski definition) is 3. The Morgan fingerprint density at radius 2 is 1.67 bits per heavy atom. The molecule has 0 fully saturated rings. The summed E-state index contributed by atoms with van der Waals surface area (Å²) < 4.78 is 13.2. The van der Waals surface area contributed by atoms with Gasteiger partial charge in [0.05, 0.1) is 0 Å². The molecule has 4 heteroatoms. The van der Waals surface area contributed by atoms with Crippen LogP contribution in [0, 0.1) is 5.82 Å². The maximum atomic E-state index is 13.2. The first kappa shape index (κ1) is 13.4. The number of carbonyl (C=O) groups excluding carboxylic acids is 2. The van der Waals surface area contributed by atoms with Crippen molar-refractivity contribution >= 4 is 11.6 Å². The van der Waals surface area contributed by atoms with Gasteiger partial charge < -0.3 is 5.11 Å². The molecular weight excluding hydrogens is 271 g/mol. The van der Waals surface area contributed by atoms with Gasteiger partial charge in [-0.05, 0) is 23.8 Å². The molecule has 21 heavy (non-hydrogen) atoms. The minimum atomic E-state index is -1.33. The molecule has 0 aromatic heterocycles. The Hall–Kier alpha value is -2.59. The van der Waals surface area contributed by atoms with Crippen LogP contribution < -0.4 is 0 Å². The van der Waals surface area contributed by atoms with Gasteiger partial charge in [0.25, 0.3) is 0 Å². The minimum Gasteiger partial charge on any atom is -0.384 e. The standard InChI is InChI=1S/C17H11FO3/c18-11-5-3-4-10(8-11)16(20)14-9-15(19)12-6-1-2-7-13(12)17(14)21/h1-9,16,20H. The molecule has 0 amide bonds. The number of aliphatic hydroxyl groups excluding tert-OH is 1. The third-order valence-electron chi connectivity index (χ3n) is 3.44. The van der Waals surface area contributed by atoms with Gasteiger partial charge in [-0.3, -0.25) is 9.59 Å². The molecule has 0 heterocycles. The van der Waals surface area contributed by atoms with Crippen molar-refractivity contribution in [2.24, 2.45) is 0 Å². The molecule has 0 radical (unpaired) electrons. The van der Waals surface area contributed by atoms with E-state index in [2.05, 4.69) is 0 Å². The topological polar surface area (TPSA) is 54.4 Å². The van der Waals surface area contributed by atoms with E-state index in [1.165, 1.54) is 18.2 Å². The average Bonchev–Trinajstić information content (AvgIpc) is 2.50. The Balaban J connectivity index is 2.04. The van der Waals surface area contributed by atoms with Crippen LogP contribution in [0.3, 0.4) is 0 Å². The fourth-order valence-corrected chi connectivity index (χ4v) is 2.40. The van der Waals surface area contributed by atoms with E-state index in [1.807, 2.05) is 0 Å². The number of carbonyl (C=O) groups is 2. The van der Waals surface area contributed by atoms with Gasteiger partial charge in [0.2, 0.25) is 0 Å². The van der Waals surface area contributed by atoms with E-state index in [1.54, 1.807) is 24.3 Å². The van der Waals surface area contributed by atoms with Crippen molar-refractivity contribution in [1.29, 1.82) is 0 Å². The highest BCUT2D eigenvalue weighted by Gasteiger charge is 2.29. The first-order valence-corrected chi connectivity index (χ1v) is 6.41. The summed E-state index contributed by atoms with van der Waals surface area (Å²) in [5.74, 6) is -1.26. The zero-order valence-corrected chi connectivity index (χ0v) is 10.9. The third kappa shape index (κ3) is 2.30. The Morgan fingerprint density at radius 1 is 0.952 bits per heavy atom. The van der Waals surface area contributed by atoms with Crippen LogP contribution in [-0.2, 0) is 0 Å². The normalized spacial score (nSPS) is 15.4. The van der Waals surface area contributed by atoms with Gasteiger partial charge in [-0.1, -0.05) is 36.4 Å². The second kappa shape index (κ2) is 5.07. The van der Waals surface area contributed by atoms with E-state index in [4.69, 9.17) is 0 Å². The van der Waals surface area contributed by atoms with Gasteiger partial charge in [0.15, 0.2) is 11.6 Å². The molecule has 1 aliphatic carbocycles. The van der Waals surface area contributed by atoms with Crippen molar-refractivity contribution in [2.75, 3.05) is 0 Å². The Labute approximate surface area is 120 Å². The molecule has 1 unspecified atom stereocenters. The van der Waals surface area contributed by atoms with Crippen molar-refractivity contribution in [3.05, 3.63) is 82.7 Å². The molecule has 104 valence electrons. The number of fused-ring (bicyclic) bond motifs is 1. The fraction of sp³-hybridized carbons (Fsp3) is 0.0588. The summed E-state index contributed by atoms with van der Waals surface area (Å²) in [5.41, 5.74) is 0.777. The van der Waals surface area contributed by atoms with E-state index in [9.17, 15) is 19.1 Å². The summed E-state index contributed by atoms with van der Waals surface area (Å²) in [5, 5.41) is 10.3. The number of ketones is 2. The molecule has 0 saturated carbocycles. The van der Waals surface area contributed by atoms with E-state index in [-0.39, 0.29) is 22.5 Å². The molecule has 0 spiro atoms. The highest BCUT2D eigenvalue weighted by Crippen LogP contribution is 2.30. The van der Waals surface area contributed by atoms with Gasteiger partial charge in [-0.15, -0.1) is 0 Å². The molecule has 1 N–H and O–H groups in total. The van der Waals surface area contributed by atoms with Crippen molar-refractivity contribution in [1.82, 2.24) is 0 Å². The van der Waals surface area contributed by atoms with E-state index in [0.29, 0.717) is 5.56 Å². The van der Waals surface area contributed by atoms with Crippen LogP contribution in [0.4, 0.5) is 4.39 Å². The smallest absolute Gasteiger partial charge is 0.192 e. The van der Waals surface area contributed by atoms with E-state index >= 15 is 0 Å². The van der Waals surface area contributed by atoms with Crippen LogP contribution in [-0.4, -0.2) is 16.7 Å². The van der Waals surface area contributed by atoms with E-state index in [0.717, 1.165) is 12.1 Å². The molecular formula is C17H11FO3. The monoisotopic (exact) mass is 282 g/mol. The van der Waals surface area contributed by atoms with Gasteiger partial charge in [0.1, 0.15) is 11.9 Å². The number of aliphatic hydroxyl groups is 1. The summed E-state index contributed by atoms with van der Waals surface area (Å²) in [4.78, 5) is 24.4. The van der Waals surface area contributed by atoms with Gasteiger partial charge >= 0.3 is 0 Å². The van der Waals surface area contributed by atoms with Gasteiger partial charge in [-0.2, -0.15) is 0 Å². The van der Waals surface area contributed by atoms with Crippen molar-refractivity contribution in [3.8, 4) is 0 Å². The molecule has 0 bridgehead atoms. The van der Waals surface area contributed by atoms with Crippen LogP contribution >= 0.6 is 0 Å². The van der Waals surface area contributed by atoms with Crippen LogP contribution in [0.15, 0.2) is 60.2 Å². The second-order valence-electron chi connectivity index (χ2n) is 4.80. The van der Waals surface area contributed by atoms with Gasteiger partial charge in [-0.25, -0.2) is 4.39 Å². The number of halogens is 1. The second-order valence-corrected chi connectivity index (χ2v) is 4.80. The minimum absolute atomic E-state index is 0.0377. The third-order valence-corrected chi connectivity index (χ3v) is 3.44. The lowest BCUT2D eigenvalue weighted by Crippen LogP contribution is -2.21. The summed E-state index contributed by atoms with van der Waals surface area (Å²) in [6.45, 7) is 0. The maximum absolute atomic E-state index is 13.2. The number of Topliss-reactive ketones (excluding diaryl/α,β-unsaturated/α-hetero) is 1. The lowest BCUT2D eigenvalue weighted by atomic mass is 9.85. The lowest BCUT2D eigenvalue weighted by Gasteiger charge is -2.19. The van der Waals surface area contributed by atoms with Crippen molar-refractivity contribution in [2.45, 2.75) is 6.10 Å². The van der Waals surface area contributed by atoms with Crippen LogP contribution in [0.1, 0.15) is 32.4 Å². The first-order valence-electron chi connectivity index (χ1n) is 6.41. The molecule has 1 aliphatic rings. The zero-order valence-electron chi connectivity index (χ0n) is 10.9. The first-order chi connectivity index (χ1) is 10.1. The number of rotatable bonds is 2. The van der Waals surface area contributed by atoms with Crippen LogP contribution in [0.2, 0.25) is 0 Å². The Kier molecular flexibility index (Phi) is 3.23. The van der Waals surface area contributed by atoms with Gasteiger partial charge in [0, 0.05) is 16.7 Å². The summed E-state index contributed by atoms with van der Waals surface area (Å²) in [6, 6.07) is 11.8. The van der Waals surface area contributed by atoms with Crippen molar-refractivity contribution < 1.29 is 19.1 Å². The Bertz CT molecular complexity index is 777. The zero-order chi connectivity index (χ0) is 15.0. The largest absolute Gasteiger partial charge is 0.384 e. The van der Waals surface area contributed by atoms with E-state index < -0.39 is 17.7 Å². The summed E-state index contributed by atoms with van der Waals surface area (Å²) >= 11 is 0. The SMILES string of the molecule is O=C1C=C(C(O)c2cccc(F)c2)C(=O)c2ccccc21. The highest BCUT2D eigenvalue weighted by molar-refractivity contribution is 6.24. The summed E-state index contributed by atoms with van der Waals surface area (Å²) in [7, 11) is 0. The molecule has 2 aromatic rings. The van der Waals surface area contributed by atoms with Crippen molar-refractivity contribution in [3.63, 3.8) is 0 Å². The maximum Gasteiger partial charge on any atom is 0.192 e. The highest BCUT2D eigenvalue weighted by atomic mass is 19.1. The summed E-state index contributed by atoms with van der Waals surface area (Å²) in [6.07, 6.45) is -0.203. The molecule has 3 nitrogen and oxygen atoms in total. The molecule has 0 saturated heterocycles.